The van der Waals surface area contributed by atoms with Crippen molar-refractivity contribution in [2.24, 2.45) is 0 Å². The normalized spacial score (nSPS) is 11.8. The highest BCUT2D eigenvalue weighted by atomic mass is 32.2. The van der Waals surface area contributed by atoms with E-state index in [1.165, 1.54) is 23.1 Å². The maximum atomic E-state index is 12.0. The van der Waals surface area contributed by atoms with Crippen molar-refractivity contribution in [2.75, 3.05) is 11.9 Å². The zero-order chi connectivity index (χ0) is 17.4. The van der Waals surface area contributed by atoms with Crippen LogP contribution in [-0.4, -0.2) is 33.9 Å². The molecule has 0 fully saturated rings. The molecule has 0 radical (unpaired) electrons. The second kappa shape index (κ2) is 9.39. The minimum atomic E-state index is -0.362. The van der Waals surface area contributed by atoms with Gasteiger partial charge in [-0.25, -0.2) is 0 Å². The van der Waals surface area contributed by atoms with Crippen LogP contribution in [0.2, 0.25) is 0 Å². The third kappa shape index (κ3) is 5.93. The number of nitrogens with one attached hydrogen (secondary N) is 1. The van der Waals surface area contributed by atoms with Crippen LogP contribution in [0, 0.1) is 0 Å². The number of hydrogen-bond donors (Lipinski definition) is 1. The quantitative estimate of drug-likeness (QED) is 0.440. The molecule has 2 rings (SSSR count). The standard InChI is InChI=1S/C16H19N3O3S2/c1-3-22-14(21)11(2)23-16-19-18-15(24-16)17-13(20)10-9-12-7-5-4-6-8-12/h4-8,11H,3,9-10H2,1-2H3,(H,17,18,20). The van der Waals surface area contributed by atoms with Crippen molar-refractivity contribution in [2.45, 2.75) is 36.3 Å². The molecule has 1 N–H and O–H groups in total. The zero-order valence-electron chi connectivity index (χ0n) is 13.5. The van der Waals surface area contributed by atoms with Crippen molar-refractivity contribution in [3.05, 3.63) is 35.9 Å². The Labute approximate surface area is 149 Å². The fourth-order valence-electron chi connectivity index (χ4n) is 1.85. The second-order valence-electron chi connectivity index (χ2n) is 4.92. The van der Waals surface area contributed by atoms with E-state index in [1.54, 1.807) is 13.8 Å². The van der Waals surface area contributed by atoms with E-state index in [2.05, 4.69) is 15.5 Å². The van der Waals surface area contributed by atoms with Crippen molar-refractivity contribution in [1.82, 2.24) is 10.2 Å². The van der Waals surface area contributed by atoms with E-state index in [1.807, 2.05) is 30.3 Å². The summed E-state index contributed by atoms with van der Waals surface area (Å²) >= 11 is 2.52. The van der Waals surface area contributed by atoms with E-state index in [9.17, 15) is 9.59 Å². The first kappa shape index (κ1) is 18.4. The van der Waals surface area contributed by atoms with Gasteiger partial charge in [-0.2, -0.15) is 0 Å². The van der Waals surface area contributed by atoms with Crippen LogP contribution in [0.5, 0.6) is 0 Å². The summed E-state index contributed by atoms with van der Waals surface area (Å²) in [5.74, 6) is -0.392. The van der Waals surface area contributed by atoms with Gasteiger partial charge in [-0.05, 0) is 25.8 Å². The number of anilines is 1. The van der Waals surface area contributed by atoms with Crippen LogP contribution in [-0.2, 0) is 20.7 Å². The van der Waals surface area contributed by atoms with Crippen LogP contribution in [0.15, 0.2) is 34.7 Å². The molecule has 24 heavy (non-hydrogen) atoms. The molecular weight excluding hydrogens is 346 g/mol. The summed E-state index contributed by atoms with van der Waals surface area (Å²) in [5.41, 5.74) is 1.12. The number of ether oxygens (including phenoxy) is 1. The monoisotopic (exact) mass is 365 g/mol. The fourth-order valence-corrected chi connectivity index (χ4v) is 3.76. The highest BCUT2D eigenvalue weighted by Gasteiger charge is 2.18. The summed E-state index contributed by atoms with van der Waals surface area (Å²) in [6, 6.07) is 9.83. The van der Waals surface area contributed by atoms with E-state index in [0.29, 0.717) is 28.9 Å². The molecule has 6 nitrogen and oxygen atoms in total. The predicted octanol–water partition coefficient (Wildman–Crippen LogP) is 3.15. The van der Waals surface area contributed by atoms with Gasteiger partial charge in [-0.3, -0.25) is 9.59 Å². The Balaban J connectivity index is 1.80. The largest absolute Gasteiger partial charge is 0.465 e. The zero-order valence-corrected chi connectivity index (χ0v) is 15.2. The van der Waals surface area contributed by atoms with E-state index < -0.39 is 0 Å². The Kier molecular flexibility index (Phi) is 7.20. The number of nitrogens with zero attached hydrogens (tertiary/aromatic N) is 2. The van der Waals surface area contributed by atoms with Gasteiger partial charge in [0, 0.05) is 6.42 Å². The van der Waals surface area contributed by atoms with Crippen molar-refractivity contribution in [3.63, 3.8) is 0 Å². The summed E-state index contributed by atoms with van der Waals surface area (Å²) in [6.45, 7) is 3.87. The maximum Gasteiger partial charge on any atom is 0.319 e. The molecule has 0 aliphatic rings. The third-order valence-electron chi connectivity index (χ3n) is 3.03. The lowest BCUT2D eigenvalue weighted by Gasteiger charge is -2.06. The van der Waals surface area contributed by atoms with Crippen LogP contribution in [0.1, 0.15) is 25.8 Å². The Hall–Kier alpha value is -1.93. The van der Waals surface area contributed by atoms with Crippen molar-refractivity contribution >= 4 is 40.1 Å². The van der Waals surface area contributed by atoms with Gasteiger partial charge >= 0.3 is 5.97 Å². The summed E-state index contributed by atoms with van der Waals surface area (Å²) in [4.78, 5) is 23.6. The van der Waals surface area contributed by atoms with Gasteiger partial charge in [-0.1, -0.05) is 53.4 Å². The number of rotatable bonds is 8. The van der Waals surface area contributed by atoms with Crippen LogP contribution >= 0.6 is 23.1 Å². The lowest BCUT2D eigenvalue weighted by molar-refractivity contribution is -0.142. The second-order valence-corrected chi connectivity index (χ2v) is 7.48. The molecule has 0 saturated heterocycles. The fraction of sp³-hybridized carbons (Fsp3) is 0.375. The van der Waals surface area contributed by atoms with Gasteiger partial charge in [0.2, 0.25) is 11.0 Å². The number of carbonyl (C=O) groups is 2. The molecule has 1 unspecified atom stereocenters. The lowest BCUT2D eigenvalue weighted by Crippen LogP contribution is -2.16. The van der Waals surface area contributed by atoms with Crippen molar-refractivity contribution in [3.8, 4) is 0 Å². The molecule has 128 valence electrons. The maximum absolute atomic E-state index is 12.0. The Morgan fingerprint density at radius 1 is 1.29 bits per heavy atom. The summed E-state index contributed by atoms with van der Waals surface area (Å²) in [7, 11) is 0. The van der Waals surface area contributed by atoms with Crippen molar-refractivity contribution < 1.29 is 14.3 Å². The van der Waals surface area contributed by atoms with Crippen LogP contribution in [0.4, 0.5) is 5.13 Å². The summed E-state index contributed by atoms with van der Waals surface area (Å²) in [5, 5.41) is 10.7. The first-order valence-electron chi connectivity index (χ1n) is 7.59. The molecule has 2 aromatic rings. The van der Waals surface area contributed by atoms with Gasteiger partial charge in [0.15, 0.2) is 4.34 Å². The Bertz CT molecular complexity index is 676. The molecular formula is C16H19N3O3S2. The molecule has 1 heterocycles. The van der Waals surface area contributed by atoms with Gasteiger partial charge in [-0.15, -0.1) is 10.2 Å². The highest BCUT2D eigenvalue weighted by molar-refractivity contribution is 8.02. The third-order valence-corrected chi connectivity index (χ3v) is 5.03. The van der Waals surface area contributed by atoms with Gasteiger partial charge in [0.1, 0.15) is 5.25 Å². The SMILES string of the molecule is CCOC(=O)C(C)Sc1nnc(NC(=O)CCc2ccccc2)s1. The molecule has 0 bridgehead atoms. The number of esters is 1. The molecule has 0 aliphatic heterocycles. The topological polar surface area (TPSA) is 81.2 Å². The average molecular weight is 365 g/mol. The Morgan fingerprint density at radius 3 is 2.75 bits per heavy atom. The first-order chi connectivity index (χ1) is 11.6. The molecule has 1 aromatic heterocycles. The number of hydrogen-bond acceptors (Lipinski definition) is 7. The minimum Gasteiger partial charge on any atom is -0.465 e. The summed E-state index contributed by atoms with van der Waals surface area (Å²) in [6.07, 6.45) is 1.05. The van der Waals surface area contributed by atoms with Gasteiger partial charge in [0.25, 0.3) is 0 Å². The number of aryl methyl sites for hydroxylation is 1. The van der Waals surface area contributed by atoms with Crippen LogP contribution in [0.3, 0.4) is 0 Å². The Morgan fingerprint density at radius 2 is 2.04 bits per heavy atom. The number of benzene rings is 1. The van der Waals surface area contributed by atoms with Gasteiger partial charge < -0.3 is 10.1 Å². The predicted molar refractivity (Wildman–Crippen MR) is 95.3 cm³/mol. The van der Waals surface area contributed by atoms with Crippen LogP contribution < -0.4 is 5.32 Å². The molecule has 1 aromatic carbocycles. The minimum absolute atomic E-state index is 0.106. The highest BCUT2D eigenvalue weighted by Crippen LogP contribution is 2.29. The molecule has 0 spiro atoms. The van der Waals surface area contributed by atoms with E-state index >= 15 is 0 Å². The molecule has 0 aliphatic carbocycles. The molecule has 0 saturated carbocycles. The number of aromatic nitrogens is 2. The van der Waals surface area contributed by atoms with E-state index in [-0.39, 0.29) is 17.1 Å². The number of amides is 1. The molecule has 1 atom stereocenters. The van der Waals surface area contributed by atoms with E-state index in [0.717, 1.165) is 5.56 Å². The number of carbonyl (C=O) groups excluding carboxylic acids is 2. The number of thioether (sulfide) groups is 1. The first-order valence-corrected chi connectivity index (χ1v) is 9.28. The van der Waals surface area contributed by atoms with Gasteiger partial charge in [0.05, 0.1) is 6.61 Å². The van der Waals surface area contributed by atoms with Crippen LogP contribution in [0.25, 0.3) is 0 Å². The van der Waals surface area contributed by atoms with Crippen molar-refractivity contribution in [1.29, 1.82) is 0 Å². The lowest BCUT2D eigenvalue weighted by atomic mass is 10.1. The summed E-state index contributed by atoms with van der Waals surface area (Å²) < 4.78 is 5.57. The average Bonchev–Trinajstić information content (AvgIpc) is 3.01. The molecule has 1 amide bonds. The molecule has 8 heteroatoms. The smallest absolute Gasteiger partial charge is 0.319 e. The van der Waals surface area contributed by atoms with E-state index in [4.69, 9.17) is 4.74 Å².